The Kier molecular flexibility index (Phi) is 2.74. The van der Waals surface area contributed by atoms with Gasteiger partial charge in [0.15, 0.2) is 5.82 Å². The Bertz CT molecular complexity index is 744. The van der Waals surface area contributed by atoms with Crippen molar-refractivity contribution in [3.8, 4) is 11.5 Å². The number of fused-ring (bicyclic) bond motifs is 1. The van der Waals surface area contributed by atoms with Gasteiger partial charge in [-0.3, -0.25) is 0 Å². The quantitative estimate of drug-likeness (QED) is 0.772. The van der Waals surface area contributed by atoms with Crippen molar-refractivity contribution in [2.75, 3.05) is 6.54 Å². The Balaban J connectivity index is 1.71. The second kappa shape index (κ2) is 4.72. The van der Waals surface area contributed by atoms with Crippen LogP contribution in [0.1, 0.15) is 24.7 Å². The lowest BCUT2D eigenvalue weighted by atomic mass is 10.1. The molecule has 0 amide bonds. The summed E-state index contributed by atoms with van der Waals surface area (Å²) in [6.07, 6.45) is 2.25. The topological polar surface area (TPSA) is 51.0 Å². The molecule has 1 N–H and O–H groups in total. The van der Waals surface area contributed by atoms with Gasteiger partial charge in [-0.15, -0.1) is 0 Å². The van der Waals surface area contributed by atoms with Gasteiger partial charge in [0.2, 0.25) is 0 Å². The van der Waals surface area contributed by atoms with E-state index in [9.17, 15) is 0 Å². The first-order chi connectivity index (χ1) is 9.90. The van der Waals surface area contributed by atoms with Crippen LogP contribution in [0.4, 0.5) is 0 Å². The van der Waals surface area contributed by atoms with Crippen molar-refractivity contribution in [2.45, 2.75) is 18.9 Å². The molecule has 100 valence electrons. The summed E-state index contributed by atoms with van der Waals surface area (Å²) in [5.74, 6) is 1.37. The number of hydrogen-bond acceptors (Lipinski definition) is 4. The molecule has 20 heavy (non-hydrogen) atoms. The van der Waals surface area contributed by atoms with Crippen molar-refractivity contribution in [1.82, 2.24) is 15.5 Å². The second-order valence-corrected chi connectivity index (χ2v) is 5.17. The second-order valence-electron chi connectivity index (χ2n) is 5.17. The summed E-state index contributed by atoms with van der Waals surface area (Å²) in [4.78, 5) is 4.53. The van der Waals surface area contributed by atoms with Crippen LogP contribution in [-0.2, 0) is 0 Å². The smallest absolute Gasteiger partial charge is 0.258 e. The molecule has 1 saturated heterocycles. The summed E-state index contributed by atoms with van der Waals surface area (Å²) in [6, 6.07) is 14.7. The lowest BCUT2D eigenvalue weighted by Crippen LogP contribution is -2.14. The van der Waals surface area contributed by atoms with Crippen LogP contribution in [0, 0.1) is 0 Å². The Morgan fingerprint density at radius 3 is 2.85 bits per heavy atom. The monoisotopic (exact) mass is 265 g/mol. The molecule has 4 rings (SSSR count). The molecule has 0 saturated carbocycles. The average molecular weight is 265 g/mol. The maximum atomic E-state index is 5.41. The third-order valence-electron chi connectivity index (χ3n) is 3.81. The van der Waals surface area contributed by atoms with E-state index in [1.54, 1.807) is 0 Å². The molecule has 3 aromatic rings. The minimum atomic E-state index is 0.243. The predicted octanol–water partition coefficient (Wildman–Crippen LogP) is 3.31. The average Bonchev–Trinajstić information content (AvgIpc) is 3.17. The van der Waals surface area contributed by atoms with Gasteiger partial charge in [-0.1, -0.05) is 35.5 Å². The summed E-state index contributed by atoms with van der Waals surface area (Å²) in [7, 11) is 0. The molecule has 0 aliphatic carbocycles. The highest BCUT2D eigenvalue weighted by atomic mass is 16.5. The Hall–Kier alpha value is -2.20. The van der Waals surface area contributed by atoms with Gasteiger partial charge in [-0.2, -0.15) is 4.98 Å². The fourth-order valence-electron chi connectivity index (χ4n) is 2.72. The lowest BCUT2D eigenvalue weighted by molar-refractivity contribution is 0.412. The Morgan fingerprint density at radius 1 is 1.10 bits per heavy atom. The van der Waals surface area contributed by atoms with E-state index in [-0.39, 0.29) is 6.04 Å². The van der Waals surface area contributed by atoms with E-state index >= 15 is 0 Å². The van der Waals surface area contributed by atoms with E-state index < -0.39 is 0 Å². The molecule has 2 heterocycles. The molecule has 2 aromatic carbocycles. The minimum Gasteiger partial charge on any atom is -0.334 e. The first-order valence-electron chi connectivity index (χ1n) is 6.96. The van der Waals surface area contributed by atoms with Crippen LogP contribution in [-0.4, -0.2) is 16.7 Å². The molecular formula is C16H15N3O. The van der Waals surface area contributed by atoms with Gasteiger partial charge in [0.1, 0.15) is 0 Å². The van der Waals surface area contributed by atoms with Gasteiger partial charge in [0, 0.05) is 5.56 Å². The fourth-order valence-corrected chi connectivity index (χ4v) is 2.72. The fraction of sp³-hybridized carbons (Fsp3) is 0.250. The van der Waals surface area contributed by atoms with E-state index in [1.807, 2.05) is 18.2 Å². The predicted molar refractivity (Wildman–Crippen MR) is 77.2 cm³/mol. The molecule has 0 radical (unpaired) electrons. The highest BCUT2D eigenvalue weighted by molar-refractivity contribution is 5.86. The summed E-state index contributed by atoms with van der Waals surface area (Å²) in [6.45, 7) is 1.03. The van der Waals surface area contributed by atoms with Gasteiger partial charge >= 0.3 is 0 Å². The zero-order valence-corrected chi connectivity index (χ0v) is 11.0. The molecule has 4 heteroatoms. The number of rotatable bonds is 2. The van der Waals surface area contributed by atoms with Crippen LogP contribution in [0.3, 0.4) is 0 Å². The first-order valence-corrected chi connectivity index (χ1v) is 6.96. The molecule has 0 bridgehead atoms. The molecule has 1 unspecified atom stereocenters. The normalized spacial score (nSPS) is 18.7. The molecule has 0 spiro atoms. The molecule has 1 aromatic heterocycles. The molecule has 1 fully saturated rings. The van der Waals surface area contributed by atoms with Crippen molar-refractivity contribution in [3.05, 3.63) is 48.3 Å². The number of aromatic nitrogens is 2. The minimum absolute atomic E-state index is 0.243. The summed E-state index contributed by atoms with van der Waals surface area (Å²) in [5, 5.41) is 9.89. The van der Waals surface area contributed by atoms with E-state index in [0.717, 1.165) is 24.4 Å². The van der Waals surface area contributed by atoms with Crippen LogP contribution in [0.5, 0.6) is 0 Å². The zero-order valence-electron chi connectivity index (χ0n) is 11.0. The SMILES string of the molecule is c1ccc2cc(-c3nc(C4CCCN4)no3)ccc2c1. The maximum absolute atomic E-state index is 5.41. The van der Waals surface area contributed by atoms with Crippen molar-refractivity contribution in [2.24, 2.45) is 0 Å². The van der Waals surface area contributed by atoms with Crippen LogP contribution >= 0.6 is 0 Å². The Labute approximate surface area is 116 Å². The maximum Gasteiger partial charge on any atom is 0.258 e. The number of nitrogens with one attached hydrogen (secondary N) is 1. The van der Waals surface area contributed by atoms with Crippen LogP contribution < -0.4 is 5.32 Å². The standard InChI is InChI=1S/C16H15N3O/c1-2-5-12-10-13(8-7-11(12)4-1)16-18-15(19-20-16)14-6-3-9-17-14/h1-2,4-5,7-8,10,14,17H,3,6,9H2. The third kappa shape index (κ3) is 1.98. The molecule has 4 nitrogen and oxygen atoms in total. The van der Waals surface area contributed by atoms with E-state index in [2.05, 4.69) is 39.7 Å². The Morgan fingerprint density at radius 2 is 2.00 bits per heavy atom. The summed E-state index contributed by atoms with van der Waals surface area (Å²) < 4.78 is 5.41. The van der Waals surface area contributed by atoms with Crippen LogP contribution in [0.25, 0.3) is 22.2 Å². The largest absolute Gasteiger partial charge is 0.334 e. The molecule has 1 aliphatic rings. The molecule has 1 atom stereocenters. The highest BCUT2D eigenvalue weighted by Gasteiger charge is 2.22. The van der Waals surface area contributed by atoms with Gasteiger partial charge in [-0.05, 0) is 42.3 Å². The molecule has 1 aliphatic heterocycles. The summed E-state index contributed by atoms with van der Waals surface area (Å²) in [5.41, 5.74) is 0.973. The van der Waals surface area contributed by atoms with Crippen molar-refractivity contribution >= 4 is 10.8 Å². The first kappa shape index (κ1) is 11.6. The van der Waals surface area contributed by atoms with E-state index in [0.29, 0.717) is 5.89 Å². The van der Waals surface area contributed by atoms with Gasteiger partial charge in [0.25, 0.3) is 5.89 Å². The zero-order chi connectivity index (χ0) is 13.4. The summed E-state index contributed by atoms with van der Waals surface area (Å²) >= 11 is 0. The number of benzene rings is 2. The van der Waals surface area contributed by atoms with E-state index in [4.69, 9.17) is 4.52 Å². The van der Waals surface area contributed by atoms with E-state index in [1.165, 1.54) is 17.2 Å². The molecular weight excluding hydrogens is 250 g/mol. The third-order valence-corrected chi connectivity index (χ3v) is 3.81. The van der Waals surface area contributed by atoms with Crippen molar-refractivity contribution in [1.29, 1.82) is 0 Å². The van der Waals surface area contributed by atoms with Crippen LogP contribution in [0.2, 0.25) is 0 Å². The van der Waals surface area contributed by atoms with Gasteiger partial charge in [-0.25, -0.2) is 0 Å². The van der Waals surface area contributed by atoms with Crippen molar-refractivity contribution < 1.29 is 4.52 Å². The number of nitrogens with zero attached hydrogens (tertiary/aromatic N) is 2. The number of hydrogen-bond donors (Lipinski definition) is 1. The van der Waals surface area contributed by atoms with Gasteiger partial charge < -0.3 is 9.84 Å². The van der Waals surface area contributed by atoms with Gasteiger partial charge in [0.05, 0.1) is 6.04 Å². The van der Waals surface area contributed by atoms with Crippen LogP contribution in [0.15, 0.2) is 47.0 Å². The lowest BCUT2D eigenvalue weighted by Gasteiger charge is -2.02. The highest BCUT2D eigenvalue weighted by Crippen LogP contribution is 2.26. The van der Waals surface area contributed by atoms with Crippen molar-refractivity contribution in [3.63, 3.8) is 0 Å².